The average molecular weight is 288 g/mol. The lowest BCUT2D eigenvalue weighted by molar-refractivity contribution is -0.130. The van der Waals surface area contributed by atoms with E-state index in [-0.39, 0.29) is 21.6 Å². The predicted molar refractivity (Wildman–Crippen MR) is 75.1 cm³/mol. The highest BCUT2D eigenvalue weighted by atomic mass is 32.1. The molecule has 1 saturated carbocycles. The Bertz CT molecular complexity index is 344. The van der Waals surface area contributed by atoms with Gasteiger partial charge in [-0.05, 0) is 31.1 Å². The molecule has 2 N–H and O–H groups in total. The summed E-state index contributed by atoms with van der Waals surface area (Å²) in [7, 11) is 0. The second-order valence-corrected chi connectivity index (χ2v) is 5.75. The van der Waals surface area contributed by atoms with Crippen LogP contribution in [-0.2, 0) is 9.59 Å². The summed E-state index contributed by atoms with van der Waals surface area (Å²) in [5.41, 5.74) is 0. The highest BCUT2D eigenvalue weighted by molar-refractivity contribution is 7.82. The Morgan fingerprint density at radius 1 is 0.944 bits per heavy atom. The number of rotatable bonds is 6. The van der Waals surface area contributed by atoms with Crippen LogP contribution in [0.3, 0.4) is 0 Å². The Morgan fingerprint density at radius 3 is 1.67 bits per heavy atom. The normalized spacial score (nSPS) is 23.3. The summed E-state index contributed by atoms with van der Waals surface area (Å²) >= 11 is 9.61. The van der Waals surface area contributed by atoms with Crippen molar-refractivity contribution in [3.63, 3.8) is 0 Å². The van der Waals surface area contributed by atoms with Crippen LogP contribution in [0.2, 0.25) is 0 Å². The summed E-state index contributed by atoms with van der Waals surface area (Å²) < 4.78 is 0. The van der Waals surface area contributed by atoms with E-state index in [4.69, 9.17) is 34.6 Å². The molecule has 6 heteroatoms. The Kier molecular flexibility index (Phi) is 5.81. The molecule has 2 atom stereocenters. The maximum absolute atomic E-state index is 10.7. The van der Waals surface area contributed by atoms with Gasteiger partial charge in [-0.2, -0.15) is 0 Å². The van der Waals surface area contributed by atoms with Gasteiger partial charge in [0.05, 0.1) is 0 Å². The number of thiocarbonyl (C=S) groups is 2. The van der Waals surface area contributed by atoms with E-state index in [9.17, 15) is 9.59 Å². The van der Waals surface area contributed by atoms with E-state index < -0.39 is 11.9 Å². The monoisotopic (exact) mass is 288 g/mol. The molecule has 18 heavy (non-hydrogen) atoms. The van der Waals surface area contributed by atoms with E-state index >= 15 is 0 Å². The van der Waals surface area contributed by atoms with Crippen molar-refractivity contribution in [2.24, 2.45) is 11.8 Å². The topological polar surface area (TPSA) is 74.6 Å². The molecular formula is C12H16O4S2. The largest absolute Gasteiger partial charge is 0.477 e. The SMILES string of the molecule is O=C(O)C(=S)C[C@H]1CCC[C@H](CC(=S)C(=O)O)C1. The molecular weight excluding hydrogens is 272 g/mol. The fraction of sp³-hybridized carbons (Fsp3) is 0.667. The van der Waals surface area contributed by atoms with Gasteiger partial charge in [0.15, 0.2) is 0 Å². The molecule has 0 amide bonds. The lowest BCUT2D eigenvalue weighted by atomic mass is 9.77. The maximum atomic E-state index is 10.7. The van der Waals surface area contributed by atoms with Gasteiger partial charge in [-0.1, -0.05) is 43.7 Å². The first-order valence-electron chi connectivity index (χ1n) is 5.92. The van der Waals surface area contributed by atoms with Crippen LogP contribution in [0.25, 0.3) is 0 Å². The molecule has 0 unspecified atom stereocenters. The summed E-state index contributed by atoms with van der Waals surface area (Å²) in [6.45, 7) is 0. The minimum absolute atomic E-state index is 0.0708. The third-order valence-corrected chi connectivity index (χ3v) is 4.00. The summed E-state index contributed by atoms with van der Waals surface area (Å²) in [5, 5.41) is 17.5. The Morgan fingerprint density at radius 2 is 1.33 bits per heavy atom. The Balaban J connectivity index is 2.46. The van der Waals surface area contributed by atoms with Crippen LogP contribution >= 0.6 is 24.4 Å². The zero-order valence-electron chi connectivity index (χ0n) is 9.92. The van der Waals surface area contributed by atoms with Crippen LogP contribution in [0, 0.1) is 11.8 Å². The second kappa shape index (κ2) is 6.89. The van der Waals surface area contributed by atoms with Crippen molar-refractivity contribution in [2.45, 2.75) is 38.5 Å². The molecule has 1 fully saturated rings. The van der Waals surface area contributed by atoms with Crippen molar-refractivity contribution in [3.8, 4) is 0 Å². The third kappa shape index (κ3) is 4.78. The van der Waals surface area contributed by atoms with Gasteiger partial charge in [0.2, 0.25) is 0 Å². The van der Waals surface area contributed by atoms with Crippen molar-refractivity contribution in [2.75, 3.05) is 0 Å². The molecule has 1 aliphatic rings. The van der Waals surface area contributed by atoms with Crippen LogP contribution in [0.4, 0.5) is 0 Å². The molecule has 0 spiro atoms. The number of carboxylic acid groups (broad SMARTS) is 2. The van der Waals surface area contributed by atoms with Crippen LogP contribution in [0.1, 0.15) is 38.5 Å². The van der Waals surface area contributed by atoms with Crippen LogP contribution in [0.5, 0.6) is 0 Å². The Hall–Kier alpha value is -0.880. The average Bonchev–Trinajstić information content (AvgIpc) is 2.29. The Labute approximate surface area is 116 Å². The van der Waals surface area contributed by atoms with Gasteiger partial charge < -0.3 is 10.2 Å². The summed E-state index contributed by atoms with van der Waals surface area (Å²) in [6, 6.07) is 0. The third-order valence-electron chi connectivity index (χ3n) is 3.32. The number of hydrogen-bond acceptors (Lipinski definition) is 4. The van der Waals surface area contributed by atoms with E-state index in [1.54, 1.807) is 0 Å². The molecule has 0 aliphatic heterocycles. The van der Waals surface area contributed by atoms with Gasteiger partial charge in [0.25, 0.3) is 0 Å². The highest BCUT2D eigenvalue weighted by Gasteiger charge is 2.26. The molecule has 1 rings (SSSR count). The van der Waals surface area contributed by atoms with Crippen molar-refractivity contribution in [3.05, 3.63) is 0 Å². The number of aliphatic carboxylic acids is 2. The van der Waals surface area contributed by atoms with E-state index in [1.165, 1.54) is 0 Å². The van der Waals surface area contributed by atoms with Crippen molar-refractivity contribution < 1.29 is 19.8 Å². The van der Waals surface area contributed by atoms with E-state index in [2.05, 4.69) is 0 Å². The second-order valence-electron chi connectivity index (χ2n) is 4.76. The van der Waals surface area contributed by atoms with Crippen molar-refractivity contribution in [1.29, 1.82) is 0 Å². The number of carboxylic acids is 2. The predicted octanol–water partition coefficient (Wildman–Crippen LogP) is 2.48. The zero-order valence-corrected chi connectivity index (χ0v) is 11.6. The van der Waals surface area contributed by atoms with Crippen molar-refractivity contribution >= 4 is 46.1 Å². The quantitative estimate of drug-likeness (QED) is 0.731. The first kappa shape index (κ1) is 15.2. The standard InChI is InChI=1S/C12H16O4S2/c13-11(14)9(17)5-7-2-1-3-8(4-7)6-10(18)12(15)16/h7-8H,1-6H2,(H,13,14)(H,15,16)/t7-,8-/m0/s1. The summed E-state index contributed by atoms with van der Waals surface area (Å²) in [4.78, 5) is 21.5. The fourth-order valence-corrected chi connectivity index (χ4v) is 2.94. The molecule has 0 bridgehead atoms. The summed E-state index contributed by atoms with van der Waals surface area (Å²) in [5.74, 6) is -1.53. The minimum Gasteiger partial charge on any atom is -0.477 e. The van der Waals surface area contributed by atoms with E-state index in [0.717, 1.165) is 25.7 Å². The van der Waals surface area contributed by atoms with Crippen LogP contribution in [-0.4, -0.2) is 31.9 Å². The number of hydrogen-bond donors (Lipinski definition) is 2. The van der Waals surface area contributed by atoms with Crippen LogP contribution < -0.4 is 0 Å². The van der Waals surface area contributed by atoms with Gasteiger partial charge in [-0.15, -0.1) is 0 Å². The molecule has 0 aromatic rings. The van der Waals surface area contributed by atoms with E-state index in [0.29, 0.717) is 12.8 Å². The van der Waals surface area contributed by atoms with Crippen molar-refractivity contribution in [1.82, 2.24) is 0 Å². The smallest absolute Gasteiger partial charge is 0.342 e. The molecule has 0 aromatic heterocycles. The van der Waals surface area contributed by atoms with Gasteiger partial charge in [0, 0.05) is 0 Å². The number of carbonyl (C=O) groups is 2. The zero-order chi connectivity index (χ0) is 13.7. The lowest BCUT2D eigenvalue weighted by Gasteiger charge is -2.28. The molecule has 0 saturated heterocycles. The van der Waals surface area contributed by atoms with Gasteiger partial charge in [0.1, 0.15) is 9.73 Å². The lowest BCUT2D eigenvalue weighted by Crippen LogP contribution is -2.24. The van der Waals surface area contributed by atoms with E-state index in [1.807, 2.05) is 0 Å². The molecule has 100 valence electrons. The molecule has 0 heterocycles. The first-order valence-corrected chi connectivity index (χ1v) is 6.74. The minimum atomic E-state index is -1.02. The van der Waals surface area contributed by atoms with Gasteiger partial charge in [-0.25, -0.2) is 9.59 Å². The molecule has 1 aliphatic carbocycles. The highest BCUT2D eigenvalue weighted by Crippen LogP contribution is 2.33. The summed E-state index contributed by atoms with van der Waals surface area (Å²) in [6.07, 6.45) is 4.57. The molecule has 0 aromatic carbocycles. The van der Waals surface area contributed by atoms with Crippen LogP contribution in [0.15, 0.2) is 0 Å². The maximum Gasteiger partial charge on any atom is 0.342 e. The fourth-order valence-electron chi connectivity index (χ4n) is 2.47. The first-order chi connectivity index (χ1) is 8.40. The molecule has 4 nitrogen and oxygen atoms in total. The van der Waals surface area contributed by atoms with Gasteiger partial charge in [-0.3, -0.25) is 0 Å². The molecule has 0 radical (unpaired) electrons. The van der Waals surface area contributed by atoms with Gasteiger partial charge >= 0.3 is 11.9 Å².